The molecule has 0 saturated carbocycles. The zero-order valence-corrected chi connectivity index (χ0v) is 20.9. The van der Waals surface area contributed by atoms with Gasteiger partial charge in [0, 0.05) is 6.42 Å². The number of Topliss-reactive ketones (excluding diaryl/α,β-unsaturated/α-hetero) is 1. The minimum absolute atomic E-state index is 0.199. The number of hydrogen-bond donors (Lipinski definition) is 2. The molecule has 2 aromatic carbocycles. The Hall–Kier alpha value is -3.39. The zero-order valence-electron chi connectivity index (χ0n) is 20.9. The number of ether oxygens (including phenoxy) is 3. The third-order valence-corrected chi connectivity index (χ3v) is 5.62. The van der Waals surface area contributed by atoms with Crippen LogP contribution in [-0.2, 0) is 31.9 Å². The van der Waals surface area contributed by atoms with Crippen molar-refractivity contribution in [3.05, 3.63) is 65.7 Å². The van der Waals surface area contributed by atoms with E-state index in [9.17, 15) is 14.4 Å². The van der Waals surface area contributed by atoms with Gasteiger partial charge in [0.25, 0.3) is 0 Å². The molecule has 0 aliphatic carbocycles. The van der Waals surface area contributed by atoms with Gasteiger partial charge in [-0.15, -0.1) is 0 Å². The molecule has 1 aliphatic heterocycles. The van der Waals surface area contributed by atoms with Gasteiger partial charge in [-0.1, -0.05) is 42.5 Å². The summed E-state index contributed by atoms with van der Waals surface area (Å²) in [7, 11) is 1.57. The van der Waals surface area contributed by atoms with Crippen molar-refractivity contribution >= 4 is 17.8 Å². The lowest BCUT2D eigenvalue weighted by molar-refractivity contribution is -0.131. The maximum Gasteiger partial charge on any atom is 0.408 e. The fourth-order valence-corrected chi connectivity index (χ4v) is 3.61. The molecule has 8 nitrogen and oxygen atoms in total. The molecule has 8 heteroatoms. The summed E-state index contributed by atoms with van der Waals surface area (Å²) >= 11 is 0. The lowest BCUT2D eigenvalue weighted by atomic mass is 9.94. The molecule has 1 aliphatic rings. The van der Waals surface area contributed by atoms with Gasteiger partial charge in [-0.05, 0) is 57.4 Å². The summed E-state index contributed by atoms with van der Waals surface area (Å²) in [6, 6.07) is 14.9. The van der Waals surface area contributed by atoms with Crippen LogP contribution in [0.4, 0.5) is 4.79 Å². The van der Waals surface area contributed by atoms with Gasteiger partial charge in [-0.3, -0.25) is 9.59 Å². The second-order valence-corrected chi connectivity index (χ2v) is 9.89. The van der Waals surface area contributed by atoms with Crippen LogP contribution < -0.4 is 15.4 Å². The number of epoxide rings is 1. The molecule has 1 saturated heterocycles. The highest BCUT2D eigenvalue weighted by Crippen LogP contribution is 2.29. The Morgan fingerprint density at radius 2 is 1.51 bits per heavy atom. The number of nitrogens with one attached hydrogen (secondary N) is 2. The van der Waals surface area contributed by atoms with Gasteiger partial charge in [-0.2, -0.15) is 0 Å². The lowest BCUT2D eigenvalue weighted by Crippen LogP contribution is -2.55. The molecule has 1 fully saturated rings. The molecule has 1 unspecified atom stereocenters. The topological polar surface area (TPSA) is 106 Å². The van der Waals surface area contributed by atoms with Crippen molar-refractivity contribution < 1.29 is 28.6 Å². The van der Waals surface area contributed by atoms with E-state index < -0.39 is 35.3 Å². The van der Waals surface area contributed by atoms with Crippen molar-refractivity contribution in [1.29, 1.82) is 0 Å². The molecule has 0 bridgehead atoms. The Balaban J connectivity index is 1.80. The van der Waals surface area contributed by atoms with E-state index >= 15 is 0 Å². The first-order valence-corrected chi connectivity index (χ1v) is 11.6. The highest BCUT2D eigenvalue weighted by Gasteiger charge is 2.50. The van der Waals surface area contributed by atoms with Crippen molar-refractivity contribution in [2.24, 2.45) is 0 Å². The van der Waals surface area contributed by atoms with Crippen LogP contribution in [0.3, 0.4) is 0 Å². The van der Waals surface area contributed by atoms with Crippen LogP contribution in [0.15, 0.2) is 54.6 Å². The number of carbonyl (C=O) groups excluding carboxylic acids is 3. The Bertz CT molecular complexity index is 1030. The van der Waals surface area contributed by atoms with Crippen LogP contribution in [0.5, 0.6) is 5.75 Å². The normalized spacial score (nSPS) is 18.7. The van der Waals surface area contributed by atoms with E-state index in [0.717, 1.165) is 11.1 Å². The Labute approximate surface area is 206 Å². The zero-order chi connectivity index (χ0) is 25.6. The third-order valence-electron chi connectivity index (χ3n) is 5.62. The second kappa shape index (κ2) is 10.9. The number of carbonyl (C=O) groups is 3. The van der Waals surface area contributed by atoms with E-state index in [0.29, 0.717) is 18.8 Å². The van der Waals surface area contributed by atoms with Crippen molar-refractivity contribution in [2.75, 3.05) is 13.7 Å². The predicted octanol–water partition coefficient (Wildman–Crippen LogP) is 3.22. The fourth-order valence-electron chi connectivity index (χ4n) is 3.61. The first-order valence-electron chi connectivity index (χ1n) is 11.6. The van der Waals surface area contributed by atoms with E-state index in [1.807, 2.05) is 42.5 Å². The summed E-state index contributed by atoms with van der Waals surface area (Å²) < 4.78 is 15.9. The standard InChI is InChI=1S/C27H34N2O6/c1-26(2,3)35-25(32)29-22(16-19-11-13-20(33-5)14-12-19)24(31)28-21(23(30)27(4)17-34-27)15-18-9-7-6-8-10-18/h6-14,21-22H,15-17H2,1-5H3,(H,28,31)(H,29,32)/t21?,22-,27+/m0/s1. The van der Waals surface area contributed by atoms with E-state index in [-0.39, 0.29) is 12.2 Å². The smallest absolute Gasteiger partial charge is 0.408 e. The summed E-state index contributed by atoms with van der Waals surface area (Å²) in [5.74, 6) is 0.00132. The van der Waals surface area contributed by atoms with Gasteiger partial charge in [0.15, 0.2) is 5.78 Å². The molecule has 0 radical (unpaired) electrons. The molecular weight excluding hydrogens is 448 g/mol. The highest BCUT2D eigenvalue weighted by molar-refractivity contribution is 5.98. The number of amides is 2. The van der Waals surface area contributed by atoms with Crippen molar-refractivity contribution in [3.8, 4) is 5.75 Å². The first kappa shape index (κ1) is 26.2. The Morgan fingerprint density at radius 3 is 2.06 bits per heavy atom. The summed E-state index contributed by atoms with van der Waals surface area (Å²) in [5, 5.41) is 5.53. The molecule has 2 aromatic rings. The van der Waals surface area contributed by atoms with Crippen LogP contribution in [-0.4, -0.2) is 54.8 Å². The van der Waals surface area contributed by atoms with Crippen molar-refractivity contribution in [2.45, 2.75) is 63.8 Å². The lowest BCUT2D eigenvalue weighted by Gasteiger charge is -2.26. The number of alkyl carbamates (subject to hydrolysis) is 1. The van der Waals surface area contributed by atoms with Crippen LogP contribution in [0.2, 0.25) is 0 Å². The molecule has 0 aromatic heterocycles. The van der Waals surface area contributed by atoms with Gasteiger partial charge in [0.1, 0.15) is 23.0 Å². The van der Waals surface area contributed by atoms with Gasteiger partial charge in [0.05, 0.1) is 19.8 Å². The quantitative estimate of drug-likeness (QED) is 0.504. The Morgan fingerprint density at radius 1 is 0.943 bits per heavy atom. The molecule has 188 valence electrons. The summed E-state index contributed by atoms with van der Waals surface area (Å²) in [5.41, 5.74) is 0.0822. The third kappa shape index (κ3) is 7.82. The van der Waals surface area contributed by atoms with Crippen LogP contribution in [0, 0.1) is 0 Å². The van der Waals surface area contributed by atoms with Crippen molar-refractivity contribution in [1.82, 2.24) is 10.6 Å². The maximum atomic E-state index is 13.4. The first-order chi connectivity index (χ1) is 16.5. The van der Waals surface area contributed by atoms with Crippen molar-refractivity contribution in [3.63, 3.8) is 0 Å². The molecule has 3 atom stereocenters. The average molecular weight is 483 g/mol. The second-order valence-electron chi connectivity index (χ2n) is 9.89. The number of benzene rings is 2. The summed E-state index contributed by atoms with van der Waals surface area (Å²) in [6.07, 6.45) is -0.198. The van der Waals surface area contributed by atoms with E-state index in [4.69, 9.17) is 14.2 Å². The molecule has 2 N–H and O–H groups in total. The monoisotopic (exact) mass is 482 g/mol. The highest BCUT2D eigenvalue weighted by atomic mass is 16.6. The van der Waals surface area contributed by atoms with Crippen LogP contribution >= 0.6 is 0 Å². The van der Waals surface area contributed by atoms with E-state index in [1.165, 1.54) is 0 Å². The SMILES string of the molecule is COc1ccc(C[C@H](NC(=O)OC(C)(C)C)C(=O)NC(Cc2ccccc2)C(=O)[C@@]2(C)CO2)cc1. The summed E-state index contributed by atoms with van der Waals surface area (Å²) in [6.45, 7) is 7.27. The molecule has 3 rings (SSSR count). The average Bonchev–Trinajstić information content (AvgIpc) is 3.56. The molecule has 2 amide bonds. The minimum atomic E-state index is -0.961. The van der Waals surface area contributed by atoms with Crippen LogP contribution in [0.1, 0.15) is 38.8 Å². The van der Waals surface area contributed by atoms with E-state index in [1.54, 1.807) is 46.9 Å². The molecule has 35 heavy (non-hydrogen) atoms. The van der Waals surface area contributed by atoms with Gasteiger partial charge >= 0.3 is 6.09 Å². The van der Waals surface area contributed by atoms with E-state index in [2.05, 4.69) is 10.6 Å². The Kier molecular flexibility index (Phi) is 8.17. The largest absolute Gasteiger partial charge is 0.497 e. The molecule has 1 heterocycles. The number of rotatable bonds is 10. The number of ketones is 1. The van der Waals surface area contributed by atoms with Gasteiger partial charge in [-0.25, -0.2) is 4.79 Å². The van der Waals surface area contributed by atoms with Gasteiger partial charge in [0.2, 0.25) is 5.91 Å². The number of hydrogen-bond acceptors (Lipinski definition) is 6. The summed E-state index contributed by atoms with van der Waals surface area (Å²) in [4.78, 5) is 39.1. The minimum Gasteiger partial charge on any atom is -0.497 e. The molecular formula is C27H34N2O6. The predicted molar refractivity (Wildman–Crippen MR) is 131 cm³/mol. The van der Waals surface area contributed by atoms with Gasteiger partial charge < -0.3 is 24.8 Å². The maximum absolute atomic E-state index is 13.4. The fraction of sp³-hybridized carbons (Fsp3) is 0.444. The van der Waals surface area contributed by atoms with Crippen LogP contribution in [0.25, 0.3) is 0 Å². The number of methoxy groups -OCH3 is 1. The molecule has 0 spiro atoms.